The van der Waals surface area contributed by atoms with Gasteiger partial charge in [-0.1, -0.05) is 30.3 Å². The highest BCUT2D eigenvalue weighted by Crippen LogP contribution is 2.07. The van der Waals surface area contributed by atoms with Crippen molar-refractivity contribution >= 4 is 28.0 Å². The maximum Gasteiger partial charge on any atom is 0.414 e. The fourth-order valence-electron chi connectivity index (χ4n) is 1.23. The Morgan fingerprint density at radius 3 is 2.56 bits per heavy atom. The quantitative estimate of drug-likeness (QED) is 0.946. The van der Waals surface area contributed by atoms with Gasteiger partial charge in [-0.2, -0.15) is 0 Å². The molecule has 1 amide bonds. The first kappa shape index (κ1) is 12.5. The number of anilines is 1. The summed E-state index contributed by atoms with van der Waals surface area (Å²) in [6.07, 6.45) is 2.50. The van der Waals surface area contributed by atoms with Crippen LogP contribution in [0.25, 0.3) is 0 Å². The van der Waals surface area contributed by atoms with Gasteiger partial charge >= 0.3 is 6.09 Å². The van der Waals surface area contributed by atoms with Crippen molar-refractivity contribution in [2.75, 3.05) is 5.32 Å². The molecule has 5 nitrogen and oxygen atoms in total. The van der Waals surface area contributed by atoms with Crippen molar-refractivity contribution in [2.24, 2.45) is 0 Å². The average molecular weight is 308 g/mol. The number of hydrogen-bond donors (Lipinski definition) is 1. The SMILES string of the molecule is O=C(Nc1ncc(Br)cn1)OCc1ccccc1. The Labute approximate surface area is 112 Å². The van der Waals surface area contributed by atoms with Crippen LogP contribution in [0.1, 0.15) is 5.56 Å². The van der Waals surface area contributed by atoms with E-state index in [9.17, 15) is 4.79 Å². The first-order chi connectivity index (χ1) is 8.74. The predicted molar refractivity (Wildman–Crippen MR) is 70.0 cm³/mol. The van der Waals surface area contributed by atoms with E-state index in [1.165, 1.54) is 0 Å². The molecule has 1 aromatic carbocycles. The lowest BCUT2D eigenvalue weighted by Gasteiger charge is -2.05. The van der Waals surface area contributed by atoms with E-state index in [0.29, 0.717) is 0 Å². The molecular weight excluding hydrogens is 298 g/mol. The van der Waals surface area contributed by atoms with Gasteiger partial charge in [0, 0.05) is 12.4 Å². The van der Waals surface area contributed by atoms with Gasteiger partial charge in [-0.3, -0.25) is 5.32 Å². The summed E-state index contributed by atoms with van der Waals surface area (Å²) in [5, 5.41) is 2.44. The van der Waals surface area contributed by atoms with Crippen molar-refractivity contribution in [1.82, 2.24) is 9.97 Å². The number of nitrogens with one attached hydrogen (secondary N) is 1. The number of amides is 1. The molecule has 6 heteroatoms. The first-order valence-corrected chi connectivity index (χ1v) is 5.98. The molecular formula is C12H10BrN3O2. The minimum absolute atomic E-state index is 0.205. The maximum absolute atomic E-state index is 11.4. The summed E-state index contributed by atoms with van der Waals surface area (Å²) < 4.78 is 5.76. The van der Waals surface area contributed by atoms with Gasteiger partial charge in [-0.15, -0.1) is 0 Å². The molecule has 0 aliphatic rings. The second-order valence-electron chi connectivity index (χ2n) is 3.41. The number of benzene rings is 1. The second-order valence-corrected chi connectivity index (χ2v) is 4.33. The van der Waals surface area contributed by atoms with Crippen LogP contribution >= 0.6 is 15.9 Å². The predicted octanol–water partition coefficient (Wildman–Crippen LogP) is 2.99. The molecule has 0 atom stereocenters. The number of carbonyl (C=O) groups is 1. The van der Waals surface area contributed by atoms with Gasteiger partial charge in [0.15, 0.2) is 0 Å². The molecule has 1 N–H and O–H groups in total. The van der Waals surface area contributed by atoms with Crippen molar-refractivity contribution < 1.29 is 9.53 Å². The molecule has 2 rings (SSSR count). The maximum atomic E-state index is 11.4. The topological polar surface area (TPSA) is 64.1 Å². The summed E-state index contributed by atoms with van der Waals surface area (Å²) in [6.45, 7) is 0.212. The third-order valence-electron chi connectivity index (χ3n) is 2.05. The first-order valence-electron chi connectivity index (χ1n) is 5.19. The van der Waals surface area contributed by atoms with Gasteiger partial charge in [0.05, 0.1) is 4.47 Å². The Kier molecular flexibility index (Phi) is 4.25. The largest absolute Gasteiger partial charge is 0.444 e. The molecule has 18 heavy (non-hydrogen) atoms. The van der Waals surface area contributed by atoms with Crippen LogP contribution < -0.4 is 5.32 Å². The normalized spacial score (nSPS) is 9.83. The monoisotopic (exact) mass is 307 g/mol. The summed E-state index contributed by atoms with van der Waals surface area (Å²) >= 11 is 3.20. The highest BCUT2D eigenvalue weighted by molar-refractivity contribution is 9.10. The fourth-order valence-corrected chi connectivity index (χ4v) is 1.43. The molecule has 0 radical (unpaired) electrons. The fraction of sp³-hybridized carbons (Fsp3) is 0.0833. The van der Waals surface area contributed by atoms with E-state index in [0.717, 1.165) is 10.0 Å². The molecule has 0 aliphatic heterocycles. The Balaban J connectivity index is 1.84. The molecule has 0 unspecified atom stereocenters. The van der Waals surface area contributed by atoms with Gasteiger partial charge in [0.1, 0.15) is 6.61 Å². The summed E-state index contributed by atoms with van der Waals surface area (Å²) in [4.78, 5) is 19.3. The van der Waals surface area contributed by atoms with Gasteiger partial charge in [-0.05, 0) is 21.5 Å². The van der Waals surface area contributed by atoms with Crippen molar-refractivity contribution in [3.8, 4) is 0 Å². The zero-order valence-corrected chi connectivity index (χ0v) is 10.9. The van der Waals surface area contributed by atoms with E-state index in [1.54, 1.807) is 12.4 Å². The Bertz CT molecular complexity index is 517. The van der Waals surface area contributed by atoms with Gasteiger partial charge in [-0.25, -0.2) is 14.8 Å². The van der Waals surface area contributed by atoms with Gasteiger partial charge < -0.3 is 4.74 Å². The summed E-state index contributed by atoms with van der Waals surface area (Å²) in [5.74, 6) is 0.205. The van der Waals surface area contributed by atoms with Crippen LogP contribution in [0.15, 0.2) is 47.2 Å². The number of nitrogens with zero attached hydrogens (tertiary/aromatic N) is 2. The van der Waals surface area contributed by atoms with E-state index < -0.39 is 6.09 Å². The second kappa shape index (κ2) is 6.11. The summed E-state index contributed by atoms with van der Waals surface area (Å²) in [6, 6.07) is 9.43. The molecule has 2 aromatic rings. The van der Waals surface area contributed by atoms with Crippen LogP contribution in [0.3, 0.4) is 0 Å². The van der Waals surface area contributed by atoms with E-state index in [4.69, 9.17) is 4.74 Å². The van der Waals surface area contributed by atoms with Crippen LogP contribution in [0, 0.1) is 0 Å². The number of aromatic nitrogens is 2. The number of carbonyl (C=O) groups excluding carboxylic acids is 1. The Morgan fingerprint density at radius 2 is 1.89 bits per heavy atom. The smallest absolute Gasteiger partial charge is 0.414 e. The molecule has 92 valence electrons. The Morgan fingerprint density at radius 1 is 1.22 bits per heavy atom. The van der Waals surface area contributed by atoms with Gasteiger partial charge in [0.25, 0.3) is 0 Å². The number of rotatable bonds is 3. The molecule has 0 bridgehead atoms. The van der Waals surface area contributed by atoms with Crippen LogP contribution in [0.4, 0.5) is 10.7 Å². The minimum atomic E-state index is -0.582. The minimum Gasteiger partial charge on any atom is -0.444 e. The third-order valence-corrected chi connectivity index (χ3v) is 2.46. The lowest BCUT2D eigenvalue weighted by atomic mass is 10.2. The molecule has 0 saturated carbocycles. The molecule has 0 saturated heterocycles. The number of hydrogen-bond acceptors (Lipinski definition) is 4. The van der Waals surface area contributed by atoms with Crippen molar-refractivity contribution in [1.29, 1.82) is 0 Å². The van der Waals surface area contributed by atoms with E-state index in [1.807, 2.05) is 30.3 Å². The lowest BCUT2D eigenvalue weighted by Crippen LogP contribution is -2.15. The molecule has 0 spiro atoms. The molecule has 0 fully saturated rings. The van der Waals surface area contributed by atoms with Crippen LogP contribution in [0.5, 0.6) is 0 Å². The molecule has 0 aliphatic carbocycles. The van der Waals surface area contributed by atoms with E-state index >= 15 is 0 Å². The lowest BCUT2D eigenvalue weighted by molar-refractivity contribution is 0.155. The average Bonchev–Trinajstić information content (AvgIpc) is 2.40. The van der Waals surface area contributed by atoms with E-state index in [2.05, 4.69) is 31.2 Å². The number of ether oxygens (including phenoxy) is 1. The van der Waals surface area contributed by atoms with Crippen molar-refractivity contribution in [3.63, 3.8) is 0 Å². The van der Waals surface area contributed by atoms with Crippen molar-refractivity contribution in [3.05, 3.63) is 52.8 Å². The Hall–Kier alpha value is -1.95. The van der Waals surface area contributed by atoms with Crippen LogP contribution in [-0.2, 0) is 11.3 Å². The third kappa shape index (κ3) is 3.81. The van der Waals surface area contributed by atoms with Crippen LogP contribution in [-0.4, -0.2) is 16.1 Å². The molecule has 1 aromatic heterocycles. The number of halogens is 1. The zero-order chi connectivity index (χ0) is 12.8. The highest BCUT2D eigenvalue weighted by atomic mass is 79.9. The summed E-state index contributed by atoms with van der Waals surface area (Å²) in [7, 11) is 0. The van der Waals surface area contributed by atoms with Crippen LogP contribution in [0.2, 0.25) is 0 Å². The highest BCUT2D eigenvalue weighted by Gasteiger charge is 2.05. The standard InChI is InChI=1S/C12H10BrN3O2/c13-10-6-14-11(15-7-10)16-12(17)18-8-9-4-2-1-3-5-9/h1-7H,8H2,(H,14,15,16,17). The van der Waals surface area contributed by atoms with Crippen molar-refractivity contribution in [2.45, 2.75) is 6.61 Å². The summed E-state index contributed by atoms with van der Waals surface area (Å²) in [5.41, 5.74) is 0.921. The van der Waals surface area contributed by atoms with Gasteiger partial charge in [0.2, 0.25) is 5.95 Å². The molecule has 1 heterocycles. The zero-order valence-electron chi connectivity index (χ0n) is 9.34. The van der Waals surface area contributed by atoms with E-state index in [-0.39, 0.29) is 12.6 Å².